The molecule has 0 saturated carbocycles. The molecular formula is C22H34F3N3O5S. The van der Waals surface area contributed by atoms with E-state index in [-0.39, 0.29) is 18.9 Å². The van der Waals surface area contributed by atoms with Gasteiger partial charge in [-0.15, -0.1) is 0 Å². The average Bonchev–Trinajstić information content (AvgIpc) is 2.81. The van der Waals surface area contributed by atoms with E-state index in [2.05, 4.69) is 12.2 Å². The summed E-state index contributed by atoms with van der Waals surface area (Å²) in [5, 5.41) is 10.3. The van der Waals surface area contributed by atoms with E-state index in [4.69, 9.17) is 9.90 Å². The Hall–Kier alpha value is -2.18. The first-order chi connectivity index (χ1) is 15.9. The zero-order valence-corrected chi connectivity index (χ0v) is 20.4. The van der Waals surface area contributed by atoms with Gasteiger partial charge in [0, 0.05) is 45.7 Å². The van der Waals surface area contributed by atoms with Gasteiger partial charge in [-0.2, -0.15) is 17.5 Å². The van der Waals surface area contributed by atoms with E-state index in [1.165, 1.54) is 4.31 Å². The Balaban J connectivity index is 0.000000718. The Morgan fingerprint density at radius 1 is 1.06 bits per heavy atom. The lowest BCUT2D eigenvalue weighted by Gasteiger charge is -2.29. The number of nitrogens with one attached hydrogen (secondary N) is 1. The van der Waals surface area contributed by atoms with Crippen LogP contribution in [0, 0.1) is 0 Å². The first-order valence-corrected chi connectivity index (χ1v) is 12.7. The predicted octanol–water partition coefficient (Wildman–Crippen LogP) is 2.89. The molecule has 34 heavy (non-hydrogen) atoms. The highest BCUT2D eigenvalue weighted by Crippen LogP contribution is 2.18. The van der Waals surface area contributed by atoms with Crippen molar-refractivity contribution < 1.29 is 36.3 Å². The monoisotopic (exact) mass is 509 g/mol. The highest BCUT2D eigenvalue weighted by Gasteiger charge is 2.38. The highest BCUT2D eigenvalue weighted by atomic mass is 32.2. The third-order valence-corrected chi connectivity index (χ3v) is 7.18. The summed E-state index contributed by atoms with van der Waals surface area (Å²) in [5.74, 6) is -2.72. The zero-order chi connectivity index (χ0) is 25.8. The number of carbonyl (C=O) groups is 2. The molecule has 1 heterocycles. The Morgan fingerprint density at radius 2 is 1.62 bits per heavy atom. The fraction of sp³-hybridized carbons (Fsp3) is 0.636. The number of hydrogen-bond donors (Lipinski definition) is 2. The number of hydrogen-bond acceptors (Lipinski definition) is 5. The molecule has 0 aromatic heterocycles. The van der Waals surface area contributed by atoms with E-state index in [0.29, 0.717) is 24.5 Å². The van der Waals surface area contributed by atoms with Gasteiger partial charge in [0.25, 0.3) is 0 Å². The average molecular weight is 510 g/mol. The molecule has 8 nitrogen and oxygen atoms in total. The van der Waals surface area contributed by atoms with Gasteiger partial charge in [0.1, 0.15) is 0 Å². The van der Waals surface area contributed by atoms with Gasteiger partial charge in [-0.05, 0) is 30.5 Å². The quantitative estimate of drug-likeness (QED) is 0.470. The molecule has 1 saturated heterocycles. The maximum Gasteiger partial charge on any atom is 0.490 e. The SMILES string of the molecule is CCCCCN(CCC(=O)N1CCNCC1)S(=O)(=O)c1ccc(CC)cc1.O=C(O)C(F)(F)F. The van der Waals surface area contributed by atoms with E-state index in [1.54, 1.807) is 12.1 Å². The van der Waals surface area contributed by atoms with E-state index in [1.807, 2.05) is 24.0 Å². The minimum absolute atomic E-state index is 0.0357. The van der Waals surface area contributed by atoms with Crippen molar-refractivity contribution in [3.8, 4) is 0 Å². The second-order valence-corrected chi connectivity index (χ2v) is 9.73. The number of halogens is 3. The van der Waals surface area contributed by atoms with Crippen LogP contribution in [0.15, 0.2) is 29.2 Å². The third-order valence-electron chi connectivity index (χ3n) is 5.27. The minimum Gasteiger partial charge on any atom is -0.475 e. The molecule has 1 aliphatic heterocycles. The molecule has 0 unspecified atom stereocenters. The van der Waals surface area contributed by atoms with E-state index >= 15 is 0 Å². The van der Waals surface area contributed by atoms with E-state index in [9.17, 15) is 26.4 Å². The summed E-state index contributed by atoms with van der Waals surface area (Å²) in [6, 6.07) is 7.09. The summed E-state index contributed by atoms with van der Waals surface area (Å²) in [4.78, 5) is 23.5. The maximum atomic E-state index is 13.1. The number of carbonyl (C=O) groups excluding carboxylic acids is 1. The van der Waals surface area contributed by atoms with Crippen molar-refractivity contribution in [2.75, 3.05) is 39.3 Å². The zero-order valence-electron chi connectivity index (χ0n) is 19.6. The van der Waals surface area contributed by atoms with Crippen LogP contribution in [0.5, 0.6) is 0 Å². The lowest BCUT2D eigenvalue weighted by atomic mass is 10.2. The van der Waals surface area contributed by atoms with Crippen LogP contribution in [0.1, 0.15) is 45.1 Å². The van der Waals surface area contributed by atoms with Gasteiger partial charge < -0.3 is 15.3 Å². The number of nitrogens with zero attached hydrogens (tertiary/aromatic N) is 2. The first-order valence-electron chi connectivity index (χ1n) is 11.3. The van der Waals surface area contributed by atoms with Crippen molar-refractivity contribution in [2.45, 2.75) is 57.0 Å². The number of aryl methyl sites for hydroxylation is 1. The second kappa shape index (κ2) is 14.3. The first kappa shape index (κ1) is 29.9. The van der Waals surface area contributed by atoms with Crippen LogP contribution in [0.25, 0.3) is 0 Å². The number of rotatable bonds is 10. The molecule has 0 spiro atoms. The summed E-state index contributed by atoms with van der Waals surface area (Å²) in [6.07, 6.45) is -1.16. The Labute approximate surface area is 199 Å². The number of carboxylic acid groups (broad SMARTS) is 1. The van der Waals surface area contributed by atoms with Gasteiger partial charge in [-0.25, -0.2) is 13.2 Å². The molecule has 1 aromatic rings. The van der Waals surface area contributed by atoms with Crippen LogP contribution >= 0.6 is 0 Å². The summed E-state index contributed by atoms with van der Waals surface area (Å²) in [7, 11) is -3.58. The molecular weight excluding hydrogens is 475 g/mol. The van der Waals surface area contributed by atoms with Crippen molar-refractivity contribution in [3.05, 3.63) is 29.8 Å². The van der Waals surface area contributed by atoms with Crippen LogP contribution < -0.4 is 5.32 Å². The van der Waals surface area contributed by atoms with Gasteiger partial charge in [0.2, 0.25) is 15.9 Å². The lowest BCUT2D eigenvalue weighted by Crippen LogP contribution is -2.47. The smallest absolute Gasteiger partial charge is 0.475 e. The van der Waals surface area contributed by atoms with Crippen LogP contribution in [-0.4, -0.2) is 80.1 Å². The lowest BCUT2D eigenvalue weighted by molar-refractivity contribution is -0.192. The molecule has 1 fully saturated rings. The molecule has 1 aliphatic rings. The standard InChI is InChI=1S/C20H33N3O3S.C2HF3O2/c1-3-5-6-14-23(15-11-20(24)22-16-12-21-13-17-22)27(25,26)19-9-7-18(4-2)8-10-19;3-2(4,5)1(6)7/h7-10,21H,3-6,11-17H2,1-2H3;(H,6,7). The van der Waals surface area contributed by atoms with Crippen LogP contribution in [0.2, 0.25) is 0 Å². The topological polar surface area (TPSA) is 107 Å². The summed E-state index contributed by atoms with van der Waals surface area (Å²) >= 11 is 0. The number of benzene rings is 1. The number of carboxylic acids is 1. The molecule has 1 amide bonds. The number of amides is 1. The van der Waals surface area contributed by atoms with Crippen LogP contribution in [0.4, 0.5) is 13.2 Å². The van der Waals surface area contributed by atoms with Gasteiger partial charge in [0.15, 0.2) is 0 Å². The van der Waals surface area contributed by atoms with E-state index < -0.39 is 22.2 Å². The molecule has 1 aromatic carbocycles. The van der Waals surface area contributed by atoms with Gasteiger partial charge in [-0.3, -0.25) is 4.79 Å². The molecule has 2 N–H and O–H groups in total. The number of aliphatic carboxylic acids is 1. The Morgan fingerprint density at radius 3 is 2.09 bits per heavy atom. The molecule has 12 heteroatoms. The largest absolute Gasteiger partial charge is 0.490 e. The fourth-order valence-electron chi connectivity index (χ4n) is 3.23. The van der Waals surface area contributed by atoms with Crippen molar-refractivity contribution in [3.63, 3.8) is 0 Å². The highest BCUT2D eigenvalue weighted by molar-refractivity contribution is 7.89. The number of unbranched alkanes of at least 4 members (excludes halogenated alkanes) is 2. The second-order valence-electron chi connectivity index (χ2n) is 7.79. The normalized spacial score (nSPS) is 14.5. The van der Waals surface area contributed by atoms with Crippen molar-refractivity contribution >= 4 is 21.9 Å². The minimum atomic E-state index is -5.08. The maximum absolute atomic E-state index is 13.1. The molecule has 0 radical (unpaired) electrons. The molecule has 0 bridgehead atoms. The summed E-state index contributed by atoms with van der Waals surface area (Å²) in [6.45, 7) is 7.82. The van der Waals surface area contributed by atoms with Crippen molar-refractivity contribution in [1.29, 1.82) is 0 Å². The fourth-order valence-corrected chi connectivity index (χ4v) is 4.71. The van der Waals surface area contributed by atoms with Crippen molar-refractivity contribution in [1.82, 2.24) is 14.5 Å². The van der Waals surface area contributed by atoms with Crippen LogP contribution in [-0.2, 0) is 26.0 Å². The van der Waals surface area contributed by atoms with Gasteiger partial charge >= 0.3 is 12.1 Å². The van der Waals surface area contributed by atoms with Gasteiger partial charge in [-0.1, -0.05) is 38.8 Å². The summed E-state index contributed by atoms with van der Waals surface area (Å²) < 4.78 is 59.4. The number of sulfonamides is 1. The predicted molar refractivity (Wildman–Crippen MR) is 122 cm³/mol. The number of piperazine rings is 1. The van der Waals surface area contributed by atoms with E-state index in [0.717, 1.165) is 44.3 Å². The van der Waals surface area contributed by atoms with Crippen LogP contribution in [0.3, 0.4) is 0 Å². The molecule has 194 valence electrons. The summed E-state index contributed by atoms with van der Waals surface area (Å²) in [5.41, 5.74) is 1.11. The molecule has 0 atom stereocenters. The third kappa shape index (κ3) is 9.98. The Kier molecular flexibility index (Phi) is 12.5. The van der Waals surface area contributed by atoms with Gasteiger partial charge in [0.05, 0.1) is 4.90 Å². The molecule has 0 aliphatic carbocycles. The van der Waals surface area contributed by atoms with Crippen molar-refractivity contribution in [2.24, 2.45) is 0 Å². The Bertz CT molecular complexity index is 871. The molecule has 2 rings (SSSR count). The number of alkyl halides is 3.